The molecule has 0 aromatic heterocycles. The summed E-state index contributed by atoms with van der Waals surface area (Å²) in [6.07, 6.45) is 7.42. The second-order valence-corrected chi connectivity index (χ2v) is 8.79. The van der Waals surface area contributed by atoms with Gasteiger partial charge in [-0.2, -0.15) is 0 Å². The minimum absolute atomic E-state index is 0.123. The lowest BCUT2D eigenvalue weighted by molar-refractivity contribution is 0.104. The molecule has 0 aliphatic rings. The van der Waals surface area contributed by atoms with Gasteiger partial charge in [-0.15, -0.1) is 0 Å². The number of benzene rings is 2. The number of ketones is 1. The highest BCUT2D eigenvalue weighted by molar-refractivity contribution is 6.06. The first-order chi connectivity index (χ1) is 14.8. The van der Waals surface area contributed by atoms with Gasteiger partial charge in [0.25, 0.3) is 0 Å². The van der Waals surface area contributed by atoms with E-state index in [2.05, 4.69) is 34.6 Å². The lowest BCUT2D eigenvalue weighted by atomic mass is 9.84. The van der Waals surface area contributed by atoms with Crippen molar-refractivity contribution in [2.24, 2.45) is 0 Å². The average Bonchev–Trinajstić information content (AvgIpc) is 2.72. The summed E-state index contributed by atoms with van der Waals surface area (Å²) in [5.41, 5.74) is 2.30. The zero-order valence-corrected chi connectivity index (χ0v) is 19.5. The maximum absolute atomic E-state index is 12.5. The molecule has 4 nitrogen and oxygen atoms in total. The number of allylic oxidation sites excluding steroid dienone is 1. The Bertz CT molecular complexity index is 842. The number of phenols is 1. The molecule has 0 atom stereocenters. The van der Waals surface area contributed by atoms with E-state index in [-0.39, 0.29) is 16.9 Å². The number of carbonyl (C=O) groups excluding carboxylic acids is 1. The Morgan fingerprint density at radius 1 is 0.935 bits per heavy atom. The van der Waals surface area contributed by atoms with Crippen molar-refractivity contribution >= 4 is 11.9 Å². The predicted octanol–water partition coefficient (Wildman–Crippen LogP) is 6.94. The minimum Gasteiger partial charge on any atom is -0.508 e. The predicted molar refractivity (Wildman–Crippen MR) is 127 cm³/mol. The van der Waals surface area contributed by atoms with Crippen molar-refractivity contribution in [1.82, 2.24) is 0 Å². The van der Waals surface area contributed by atoms with Gasteiger partial charge in [0.1, 0.15) is 17.2 Å². The summed E-state index contributed by atoms with van der Waals surface area (Å²) in [6, 6.07) is 10.2. The first-order valence-electron chi connectivity index (χ1n) is 11.2. The van der Waals surface area contributed by atoms with Gasteiger partial charge in [-0.3, -0.25) is 4.79 Å². The molecule has 0 heterocycles. The van der Waals surface area contributed by atoms with Gasteiger partial charge in [0.2, 0.25) is 0 Å². The van der Waals surface area contributed by atoms with Crippen molar-refractivity contribution in [2.45, 2.75) is 65.7 Å². The molecule has 0 radical (unpaired) electrons. The van der Waals surface area contributed by atoms with E-state index >= 15 is 0 Å². The molecule has 2 rings (SSSR count). The number of carbonyl (C=O) groups is 1. The lowest BCUT2D eigenvalue weighted by Crippen LogP contribution is -2.17. The molecule has 0 amide bonds. The Morgan fingerprint density at radius 3 is 1.90 bits per heavy atom. The normalized spacial score (nSPS) is 11.6. The van der Waals surface area contributed by atoms with Crippen LogP contribution in [0.3, 0.4) is 0 Å². The summed E-state index contributed by atoms with van der Waals surface area (Å²) in [4.78, 5) is 12.5. The maximum atomic E-state index is 12.5. The van der Waals surface area contributed by atoms with Gasteiger partial charge >= 0.3 is 0 Å². The fourth-order valence-corrected chi connectivity index (χ4v) is 3.22. The number of rotatable bonds is 11. The molecule has 168 valence electrons. The molecular weight excluding hydrogens is 388 g/mol. The summed E-state index contributed by atoms with van der Waals surface area (Å²) >= 11 is 0. The van der Waals surface area contributed by atoms with Crippen LogP contribution in [0, 0.1) is 0 Å². The molecule has 4 heteroatoms. The first kappa shape index (κ1) is 24.5. The van der Waals surface area contributed by atoms with E-state index in [0.717, 1.165) is 48.3 Å². The van der Waals surface area contributed by atoms with E-state index in [1.54, 1.807) is 24.3 Å². The fourth-order valence-electron chi connectivity index (χ4n) is 3.22. The molecule has 0 saturated carbocycles. The van der Waals surface area contributed by atoms with Gasteiger partial charge in [0.15, 0.2) is 5.78 Å². The number of aromatic hydroxyl groups is 1. The summed E-state index contributed by atoms with van der Waals surface area (Å²) in [6.45, 7) is 12.0. The Balaban J connectivity index is 2.40. The fraction of sp³-hybridized carbons (Fsp3) is 0.444. The van der Waals surface area contributed by atoms with Gasteiger partial charge < -0.3 is 14.6 Å². The SMILES string of the molecule is CCCCOc1cc(C=CC(=O)c2ccc(O)cc2)cc(OCCCC)c1C(C)(C)C. The molecule has 0 spiro atoms. The smallest absolute Gasteiger partial charge is 0.185 e. The van der Waals surface area contributed by atoms with E-state index < -0.39 is 0 Å². The quantitative estimate of drug-likeness (QED) is 0.241. The summed E-state index contributed by atoms with van der Waals surface area (Å²) < 4.78 is 12.3. The van der Waals surface area contributed by atoms with Crippen LogP contribution in [0.25, 0.3) is 6.08 Å². The number of ether oxygens (including phenoxy) is 2. The molecule has 0 saturated heterocycles. The molecule has 0 aliphatic heterocycles. The molecular formula is C27H36O4. The summed E-state index contributed by atoms with van der Waals surface area (Å²) in [5, 5.41) is 9.42. The lowest BCUT2D eigenvalue weighted by Gasteiger charge is -2.26. The van der Waals surface area contributed by atoms with Crippen molar-refractivity contribution < 1.29 is 19.4 Å². The van der Waals surface area contributed by atoms with Crippen molar-refractivity contribution in [3.8, 4) is 17.2 Å². The third-order valence-electron chi connectivity index (χ3n) is 4.93. The van der Waals surface area contributed by atoms with Crippen LogP contribution in [0.15, 0.2) is 42.5 Å². The van der Waals surface area contributed by atoms with Crippen LogP contribution in [-0.2, 0) is 5.41 Å². The standard InChI is InChI=1S/C27H36O4/c1-6-8-16-30-24-18-20(10-15-23(29)21-11-13-22(28)14-12-21)19-25(31-17-9-7-2)26(24)27(3,4)5/h10-15,18-19,28H,6-9,16-17H2,1-5H3. The molecule has 0 fully saturated rings. The van der Waals surface area contributed by atoms with Crippen molar-refractivity contribution in [2.75, 3.05) is 13.2 Å². The third-order valence-corrected chi connectivity index (χ3v) is 4.93. The van der Waals surface area contributed by atoms with Crippen LogP contribution in [0.4, 0.5) is 0 Å². The average molecular weight is 425 g/mol. The minimum atomic E-state index is -0.146. The summed E-state index contributed by atoms with van der Waals surface area (Å²) in [7, 11) is 0. The monoisotopic (exact) mass is 424 g/mol. The van der Waals surface area contributed by atoms with Gasteiger partial charge in [-0.1, -0.05) is 53.5 Å². The molecule has 0 aliphatic carbocycles. The van der Waals surface area contributed by atoms with E-state index in [1.807, 2.05) is 12.1 Å². The number of hydrogen-bond donors (Lipinski definition) is 1. The maximum Gasteiger partial charge on any atom is 0.185 e. The second-order valence-electron chi connectivity index (χ2n) is 8.79. The van der Waals surface area contributed by atoms with Crippen LogP contribution in [0.1, 0.15) is 81.8 Å². The van der Waals surface area contributed by atoms with Crippen LogP contribution >= 0.6 is 0 Å². The van der Waals surface area contributed by atoms with Crippen molar-refractivity contribution in [3.63, 3.8) is 0 Å². The van der Waals surface area contributed by atoms with Gasteiger partial charge in [0, 0.05) is 11.1 Å². The topological polar surface area (TPSA) is 55.8 Å². The van der Waals surface area contributed by atoms with Gasteiger partial charge in [-0.25, -0.2) is 0 Å². The molecule has 0 unspecified atom stereocenters. The summed E-state index contributed by atoms with van der Waals surface area (Å²) in [5.74, 6) is 1.64. The van der Waals surface area contributed by atoms with Crippen molar-refractivity contribution in [3.05, 3.63) is 59.2 Å². The Hall–Kier alpha value is -2.75. The van der Waals surface area contributed by atoms with E-state index in [9.17, 15) is 9.90 Å². The van der Waals surface area contributed by atoms with E-state index in [0.29, 0.717) is 18.8 Å². The number of phenolic OH excluding ortho intramolecular Hbond substituents is 1. The molecule has 31 heavy (non-hydrogen) atoms. The molecule has 2 aromatic carbocycles. The molecule has 0 bridgehead atoms. The Kier molecular flexibility index (Phi) is 9.17. The zero-order chi connectivity index (χ0) is 22.9. The number of unbranched alkanes of at least 4 members (excludes halogenated alkanes) is 2. The Morgan fingerprint density at radius 2 is 1.45 bits per heavy atom. The van der Waals surface area contributed by atoms with E-state index in [1.165, 1.54) is 12.1 Å². The highest BCUT2D eigenvalue weighted by Gasteiger charge is 2.25. The molecule has 2 aromatic rings. The van der Waals surface area contributed by atoms with Crippen LogP contribution in [0.2, 0.25) is 0 Å². The van der Waals surface area contributed by atoms with Crippen LogP contribution < -0.4 is 9.47 Å². The highest BCUT2D eigenvalue weighted by Crippen LogP contribution is 2.40. The van der Waals surface area contributed by atoms with Gasteiger partial charge in [0.05, 0.1) is 13.2 Å². The Labute approximate surface area is 186 Å². The van der Waals surface area contributed by atoms with Gasteiger partial charge in [-0.05, 0) is 66.3 Å². The second kappa shape index (κ2) is 11.6. The van der Waals surface area contributed by atoms with E-state index in [4.69, 9.17) is 9.47 Å². The first-order valence-corrected chi connectivity index (χ1v) is 11.2. The number of hydrogen-bond acceptors (Lipinski definition) is 4. The van der Waals surface area contributed by atoms with Crippen LogP contribution in [0.5, 0.6) is 17.2 Å². The third kappa shape index (κ3) is 7.46. The highest BCUT2D eigenvalue weighted by atomic mass is 16.5. The largest absolute Gasteiger partial charge is 0.508 e. The molecule has 1 N–H and O–H groups in total. The van der Waals surface area contributed by atoms with Crippen molar-refractivity contribution in [1.29, 1.82) is 0 Å². The zero-order valence-electron chi connectivity index (χ0n) is 19.5. The van der Waals surface area contributed by atoms with Crippen LogP contribution in [-0.4, -0.2) is 24.1 Å².